The molecule has 3 rings (SSSR count). The number of aryl methyl sites for hydroxylation is 2. The fraction of sp³-hybridized carbons (Fsp3) is 0.200. The largest absolute Gasteiger partial charge is 1.00 e. The van der Waals surface area contributed by atoms with E-state index >= 15 is 0 Å². The number of hydrogen-bond donors (Lipinski definition) is 0. The number of benzene rings is 1. The smallest absolute Gasteiger partial charge is 0.233 e. The van der Waals surface area contributed by atoms with Crippen molar-refractivity contribution in [3.8, 4) is 11.5 Å². The van der Waals surface area contributed by atoms with E-state index in [1.807, 2.05) is 36.7 Å². The van der Waals surface area contributed by atoms with E-state index in [9.17, 15) is 0 Å². The zero-order valence-electron chi connectivity index (χ0n) is 11.2. The van der Waals surface area contributed by atoms with Crippen molar-refractivity contribution in [2.45, 2.75) is 20.4 Å². The number of hydrogen-bond acceptors (Lipinski definition) is 2. The van der Waals surface area contributed by atoms with Crippen molar-refractivity contribution in [3.63, 3.8) is 0 Å². The summed E-state index contributed by atoms with van der Waals surface area (Å²) >= 11 is 3.52. The average molecular weight is 445 g/mol. The van der Waals surface area contributed by atoms with Gasteiger partial charge in [-0.2, -0.15) is 0 Å². The molecule has 0 atom stereocenters. The highest BCUT2D eigenvalue weighted by molar-refractivity contribution is 9.10. The van der Waals surface area contributed by atoms with Gasteiger partial charge in [-0.25, -0.2) is 9.55 Å². The lowest BCUT2D eigenvalue weighted by molar-refractivity contribution is -0.693. The minimum Gasteiger partial charge on any atom is -1.00 e. The average Bonchev–Trinajstić information content (AvgIpc) is 2.80. The molecule has 2 aromatic heterocycles. The zero-order valence-corrected chi connectivity index (χ0v) is 15.0. The van der Waals surface area contributed by atoms with Crippen LogP contribution in [0.2, 0.25) is 0 Å². The first-order valence-corrected chi connectivity index (χ1v) is 7.02. The van der Waals surface area contributed by atoms with Crippen LogP contribution in [0.1, 0.15) is 12.5 Å². The first-order chi connectivity index (χ1) is 9.15. The third-order valence-electron chi connectivity index (χ3n) is 3.04. The molecule has 1 aromatic carbocycles. The molecule has 0 bridgehead atoms. The van der Waals surface area contributed by atoms with Crippen LogP contribution in [0, 0.1) is 6.92 Å². The molecule has 104 valence electrons. The van der Waals surface area contributed by atoms with Gasteiger partial charge in [-0.3, -0.25) is 0 Å². The maximum absolute atomic E-state index is 5.82. The molecule has 0 unspecified atom stereocenters. The first-order valence-electron chi connectivity index (χ1n) is 6.23. The van der Waals surface area contributed by atoms with E-state index in [1.165, 1.54) is 5.56 Å². The maximum Gasteiger partial charge on any atom is 0.233 e. The van der Waals surface area contributed by atoms with Crippen LogP contribution in [-0.4, -0.2) is 4.98 Å². The van der Waals surface area contributed by atoms with Gasteiger partial charge in [0, 0.05) is 0 Å². The van der Waals surface area contributed by atoms with Crippen LogP contribution in [0.4, 0.5) is 0 Å². The number of pyridine rings is 1. The number of halogens is 2. The van der Waals surface area contributed by atoms with E-state index in [0.717, 1.165) is 27.7 Å². The summed E-state index contributed by atoms with van der Waals surface area (Å²) in [5.74, 6) is 0.657. The molecule has 3 nitrogen and oxygen atoms in total. The SMILES string of the molecule is CC[n+]1cc(Br)cc(-c2nc3cc(C)ccc3o2)c1.[I-]. The molecule has 0 fully saturated rings. The molecule has 0 aliphatic heterocycles. The van der Waals surface area contributed by atoms with Crippen molar-refractivity contribution in [1.29, 1.82) is 0 Å². The highest BCUT2D eigenvalue weighted by Crippen LogP contribution is 2.25. The zero-order chi connectivity index (χ0) is 13.4. The molecule has 0 aliphatic carbocycles. The molecular weight excluding hydrogens is 431 g/mol. The molecule has 20 heavy (non-hydrogen) atoms. The van der Waals surface area contributed by atoms with Crippen LogP contribution in [0.15, 0.2) is 45.5 Å². The summed E-state index contributed by atoms with van der Waals surface area (Å²) in [6.45, 7) is 5.06. The van der Waals surface area contributed by atoms with E-state index in [0.29, 0.717) is 5.89 Å². The number of rotatable bonds is 2. The van der Waals surface area contributed by atoms with Gasteiger partial charge in [0.05, 0.1) is 4.47 Å². The Bertz CT molecular complexity index is 755. The standard InChI is InChI=1S/C15H14BrN2O.HI/c1-3-18-8-11(7-12(16)9-18)15-17-13-6-10(2)4-5-14(13)19-15;/h4-9H,3H2,1-2H3;1H/q+1;/p-1. The Hall–Kier alpha value is -0.950. The lowest BCUT2D eigenvalue weighted by Crippen LogP contribution is -3.00. The summed E-state index contributed by atoms with van der Waals surface area (Å²) in [6.07, 6.45) is 4.08. The van der Waals surface area contributed by atoms with Crippen LogP contribution in [-0.2, 0) is 6.54 Å². The molecule has 0 aliphatic rings. The first kappa shape index (κ1) is 15.4. The highest BCUT2D eigenvalue weighted by Gasteiger charge is 2.13. The van der Waals surface area contributed by atoms with Gasteiger partial charge >= 0.3 is 0 Å². The Balaban J connectivity index is 0.00000147. The van der Waals surface area contributed by atoms with Gasteiger partial charge in [0.1, 0.15) is 17.6 Å². The van der Waals surface area contributed by atoms with Gasteiger partial charge in [0.15, 0.2) is 18.0 Å². The lowest BCUT2D eigenvalue weighted by atomic mass is 10.2. The van der Waals surface area contributed by atoms with Crippen LogP contribution in [0.3, 0.4) is 0 Å². The highest BCUT2D eigenvalue weighted by atomic mass is 127. The third-order valence-corrected chi connectivity index (χ3v) is 3.48. The molecule has 2 heterocycles. The van der Waals surface area contributed by atoms with E-state index < -0.39 is 0 Å². The van der Waals surface area contributed by atoms with Crippen LogP contribution in [0.25, 0.3) is 22.6 Å². The van der Waals surface area contributed by atoms with Crippen LogP contribution in [0.5, 0.6) is 0 Å². The van der Waals surface area contributed by atoms with Gasteiger partial charge in [-0.1, -0.05) is 6.07 Å². The fourth-order valence-electron chi connectivity index (χ4n) is 2.06. The summed E-state index contributed by atoms with van der Waals surface area (Å²) in [5, 5.41) is 0. The Morgan fingerprint density at radius 1 is 1.25 bits per heavy atom. The van der Waals surface area contributed by atoms with Crippen molar-refractivity contribution in [2.24, 2.45) is 0 Å². The lowest BCUT2D eigenvalue weighted by Gasteiger charge is -1.96. The quantitative estimate of drug-likeness (QED) is 0.434. The summed E-state index contributed by atoms with van der Waals surface area (Å²) in [6, 6.07) is 8.05. The van der Waals surface area contributed by atoms with Crippen molar-refractivity contribution >= 4 is 27.0 Å². The molecule has 5 heteroatoms. The topological polar surface area (TPSA) is 29.9 Å². The van der Waals surface area contributed by atoms with Gasteiger partial charge < -0.3 is 28.4 Å². The van der Waals surface area contributed by atoms with Crippen molar-refractivity contribution < 1.29 is 33.0 Å². The number of nitrogens with zero attached hydrogens (tertiary/aromatic N) is 2. The molecule has 3 aromatic rings. The summed E-state index contributed by atoms with van der Waals surface area (Å²) in [5.41, 5.74) is 3.89. The van der Waals surface area contributed by atoms with Gasteiger partial charge in [0.2, 0.25) is 5.89 Å². The van der Waals surface area contributed by atoms with E-state index in [1.54, 1.807) is 0 Å². The predicted octanol–water partition coefficient (Wildman–Crippen LogP) is 0.877. The van der Waals surface area contributed by atoms with Crippen molar-refractivity contribution in [2.75, 3.05) is 0 Å². The summed E-state index contributed by atoms with van der Waals surface area (Å²) in [4.78, 5) is 4.56. The predicted molar refractivity (Wildman–Crippen MR) is 77.8 cm³/mol. The van der Waals surface area contributed by atoms with Crippen LogP contribution >= 0.6 is 15.9 Å². The number of fused-ring (bicyclic) bond motifs is 1. The molecule has 0 radical (unpaired) electrons. The Morgan fingerprint density at radius 3 is 2.80 bits per heavy atom. The second kappa shape index (κ2) is 6.22. The minimum atomic E-state index is 0. The minimum absolute atomic E-state index is 0. The monoisotopic (exact) mass is 444 g/mol. The van der Waals surface area contributed by atoms with Crippen molar-refractivity contribution in [1.82, 2.24) is 4.98 Å². The molecule has 0 saturated heterocycles. The van der Waals surface area contributed by atoms with E-state index in [4.69, 9.17) is 4.42 Å². The molecule has 0 spiro atoms. The number of aromatic nitrogens is 2. The second-order valence-electron chi connectivity index (χ2n) is 4.56. The Morgan fingerprint density at radius 2 is 2.05 bits per heavy atom. The van der Waals surface area contributed by atoms with E-state index in [-0.39, 0.29) is 24.0 Å². The van der Waals surface area contributed by atoms with Gasteiger partial charge in [-0.05, 0) is 53.5 Å². The fourth-order valence-corrected chi connectivity index (χ4v) is 2.57. The molecule has 0 N–H and O–H groups in total. The molecular formula is C15H14BrIN2O. The Kier molecular flexibility index (Phi) is 4.80. The molecule has 0 saturated carbocycles. The normalized spacial score (nSPS) is 10.6. The third kappa shape index (κ3) is 3.03. The van der Waals surface area contributed by atoms with Crippen LogP contribution < -0.4 is 28.5 Å². The number of oxazole rings is 1. The van der Waals surface area contributed by atoms with Gasteiger partial charge in [-0.15, -0.1) is 0 Å². The van der Waals surface area contributed by atoms with Gasteiger partial charge in [0.25, 0.3) is 0 Å². The molecule has 0 amide bonds. The Labute approximate surface area is 143 Å². The summed E-state index contributed by atoms with van der Waals surface area (Å²) < 4.78 is 8.93. The second-order valence-corrected chi connectivity index (χ2v) is 5.48. The maximum atomic E-state index is 5.82. The summed E-state index contributed by atoms with van der Waals surface area (Å²) in [7, 11) is 0. The van der Waals surface area contributed by atoms with E-state index in [2.05, 4.69) is 39.3 Å². The van der Waals surface area contributed by atoms with Crippen molar-refractivity contribution in [3.05, 3.63) is 46.7 Å².